The van der Waals surface area contributed by atoms with E-state index in [9.17, 15) is 5.11 Å². The standard InChI is InChI=1S/C55H54N3O.Pt/c1-35(2)27-37-23-24-49(45(30-37)39-19-14-11-15-20-39)58-50-22-16-21-44(51(50)57-53(58)46-28-36(3)29-47(52(46)59)55(7,8)9)41-31-42(33-43(32-41)54(4,5)6)48-34-40(25-26-56-48)38-17-12-10-13-18-38;/h10-26,28-30,32-35,59H,27H2,1-9H3;/q-1;/i10D,12D,13D,17D,18D;. The van der Waals surface area contributed by atoms with Crippen LogP contribution in [0.25, 0.3) is 72.7 Å². The fraction of sp³-hybridized carbons (Fsp3) is 0.236. The third kappa shape index (κ3) is 8.54. The number of hydrogen-bond donors (Lipinski definition) is 1. The van der Waals surface area contributed by atoms with Gasteiger partial charge in [-0.25, -0.2) is 4.98 Å². The number of aryl methyl sites for hydroxylation is 1. The summed E-state index contributed by atoms with van der Waals surface area (Å²) in [5.41, 5.74) is 12.2. The van der Waals surface area contributed by atoms with Gasteiger partial charge in [0.1, 0.15) is 11.6 Å². The Labute approximate surface area is 377 Å². The van der Waals surface area contributed by atoms with Crippen molar-refractivity contribution in [2.24, 2.45) is 5.92 Å². The van der Waals surface area contributed by atoms with Gasteiger partial charge >= 0.3 is 0 Å². The smallest absolute Gasteiger partial charge is 0.148 e. The molecule has 8 rings (SSSR count). The molecule has 60 heavy (non-hydrogen) atoms. The number of para-hydroxylation sites is 1. The SMILES string of the molecule is [2H]c1c([2H])c([2H])c(-c2ccnc(-c3[c-]c(-c4cccc5c4nc(-c4cc(C)cc(C(C)(C)C)c4O)n5-c4ccc(CC(C)C)cc4-c4ccccc4)cc(C(C)(C)C)c3)c2)c([2H])c1[2H].[Pt]. The fourth-order valence-corrected chi connectivity index (χ4v) is 7.90. The summed E-state index contributed by atoms with van der Waals surface area (Å²) in [6, 6.07) is 37.0. The number of aromatic nitrogens is 3. The van der Waals surface area contributed by atoms with Crippen LogP contribution >= 0.6 is 0 Å². The molecular formula is C55H54N3OPt-. The van der Waals surface area contributed by atoms with E-state index in [1.807, 2.05) is 18.2 Å². The molecule has 0 saturated heterocycles. The molecule has 5 heteroatoms. The molecule has 0 aliphatic heterocycles. The minimum Gasteiger partial charge on any atom is -0.507 e. The Bertz CT molecular complexity index is 3080. The van der Waals surface area contributed by atoms with Gasteiger partial charge in [-0.1, -0.05) is 157 Å². The van der Waals surface area contributed by atoms with E-state index in [2.05, 4.69) is 146 Å². The van der Waals surface area contributed by atoms with Gasteiger partial charge in [0.05, 0.1) is 29.1 Å². The molecule has 4 nitrogen and oxygen atoms in total. The van der Waals surface area contributed by atoms with Crippen LogP contribution in [0.1, 0.15) is 84.5 Å². The number of imidazole rings is 1. The van der Waals surface area contributed by atoms with Crippen LogP contribution in [0.3, 0.4) is 0 Å². The zero-order valence-corrected chi connectivity index (χ0v) is 38.1. The molecule has 8 aromatic rings. The van der Waals surface area contributed by atoms with Gasteiger partial charge < -0.3 is 5.11 Å². The average molecular weight is 973 g/mol. The van der Waals surface area contributed by atoms with Crippen molar-refractivity contribution in [3.05, 3.63) is 168 Å². The number of phenols is 1. The normalized spacial score (nSPS) is 13.1. The van der Waals surface area contributed by atoms with Gasteiger partial charge in [-0.2, -0.15) is 0 Å². The third-order valence-electron chi connectivity index (χ3n) is 10.9. The van der Waals surface area contributed by atoms with Crippen molar-refractivity contribution in [2.45, 2.75) is 79.6 Å². The van der Waals surface area contributed by atoms with Gasteiger partial charge in [0.15, 0.2) is 0 Å². The summed E-state index contributed by atoms with van der Waals surface area (Å²) in [4.78, 5) is 10.3. The molecular weight excluding hydrogens is 914 g/mol. The molecule has 2 heterocycles. The topological polar surface area (TPSA) is 50.9 Å². The van der Waals surface area contributed by atoms with Crippen molar-refractivity contribution in [2.75, 3.05) is 0 Å². The van der Waals surface area contributed by atoms with Crippen molar-refractivity contribution in [3.63, 3.8) is 0 Å². The van der Waals surface area contributed by atoms with Crippen LogP contribution in [-0.4, -0.2) is 19.6 Å². The van der Waals surface area contributed by atoms with Crippen molar-refractivity contribution in [3.8, 4) is 67.5 Å². The Hall–Kier alpha value is -5.57. The van der Waals surface area contributed by atoms with Crippen LogP contribution in [0.2, 0.25) is 0 Å². The first-order valence-corrected chi connectivity index (χ1v) is 20.4. The van der Waals surface area contributed by atoms with Crippen LogP contribution in [0.5, 0.6) is 5.75 Å². The second kappa shape index (κ2) is 16.8. The maximum Gasteiger partial charge on any atom is 0.148 e. The van der Waals surface area contributed by atoms with E-state index in [1.54, 1.807) is 18.3 Å². The maximum atomic E-state index is 12.3. The fourth-order valence-electron chi connectivity index (χ4n) is 7.90. The number of benzene rings is 6. The second-order valence-corrected chi connectivity index (χ2v) is 18.1. The van der Waals surface area contributed by atoms with Gasteiger partial charge in [0.2, 0.25) is 0 Å². The van der Waals surface area contributed by atoms with Crippen LogP contribution < -0.4 is 0 Å². The van der Waals surface area contributed by atoms with Crippen molar-refractivity contribution >= 4 is 11.0 Å². The first kappa shape index (κ1) is 36.3. The molecule has 306 valence electrons. The van der Waals surface area contributed by atoms with Crippen LogP contribution in [0.4, 0.5) is 0 Å². The molecule has 0 amide bonds. The van der Waals surface area contributed by atoms with Crippen LogP contribution in [-0.2, 0) is 38.3 Å². The Morgan fingerprint density at radius 2 is 1.45 bits per heavy atom. The Balaban J connectivity index is 0.00000630. The molecule has 0 radical (unpaired) electrons. The van der Waals surface area contributed by atoms with Crippen molar-refractivity contribution in [1.82, 2.24) is 14.5 Å². The molecule has 0 aliphatic rings. The zero-order chi connectivity index (χ0) is 46.0. The first-order chi connectivity index (χ1) is 30.2. The quantitative estimate of drug-likeness (QED) is 0.154. The number of rotatable bonds is 8. The second-order valence-electron chi connectivity index (χ2n) is 18.1. The van der Waals surface area contributed by atoms with Crippen LogP contribution in [0, 0.1) is 18.9 Å². The molecule has 0 fully saturated rings. The largest absolute Gasteiger partial charge is 0.507 e. The summed E-state index contributed by atoms with van der Waals surface area (Å²) in [6.07, 6.45) is 2.53. The van der Waals surface area contributed by atoms with E-state index in [0.717, 1.165) is 62.1 Å². The molecule has 6 aromatic carbocycles. The predicted molar refractivity (Wildman–Crippen MR) is 247 cm³/mol. The minimum atomic E-state index is -0.435. The van der Waals surface area contributed by atoms with Gasteiger partial charge in [-0.05, 0) is 88.2 Å². The van der Waals surface area contributed by atoms with E-state index < -0.39 is 6.04 Å². The summed E-state index contributed by atoms with van der Waals surface area (Å²) in [5.74, 6) is 1.28. The first-order valence-electron chi connectivity index (χ1n) is 22.9. The van der Waals surface area contributed by atoms with E-state index in [-0.39, 0.29) is 67.4 Å². The average Bonchev–Trinajstić information content (AvgIpc) is 3.64. The number of nitrogens with zero attached hydrogens (tertiary/aromatic N) is 3. The van der Waals surface area contributed by atoms with Crippen molar-refractivity contribution < 1.29 is 33.0 Å². The van der Waals surface area contributed by atoms with E-state index in [4.69, 9.17) is 16.8 Å². The maximum absolute atomic E-state index is 12.3. The molecule has 0 spiro atoms. The van der Waals surface area contributed by atoms with Gasteiger partial charge in [-0.3, -0.25) is 9.55 Å². The van der Waals surface area contributed by atoms with Gasteiger partial charge in [0, 0.05) is 44.1 Å². The monoisotopic (exact) mass is 972 g/mol. The summed E-state index contributed by atoms with van der Waals surface area (Å²) in [5, 5.41) is 12.3. The number of hydrogen-bond acceptors (Lipinski definition) is 3. The molecule has 0 bridgehead atoms. The summed E-state index contributed by atoms with van der Waals surface area (Å²) in [7, 11) is 0. The van der Waals surface area contributed by atoms with E-state index in [1.165, 1.54) is 5.56 Å². The van der Waals surface area contributed by atoms with E-state index >= 15 is 0 Å². The van der Waals surface area contributed by atoms with Crippen molar-refractivity contribution in [1.29, 1.82) is 0 Å². The Kier molecular flexibility index (Phi) is 10.2. The minimum absolute atomic E-state index is 0. The number of pyridine rings is 1. The van der Waals surface area contributed by atoms with Gasteiger partial charge in [-0.15, -0.1) is 29.3 Å². The summed E-state index contributed by atoms with van der Waals surface area (Å²) < 4.78 is 44.3. The van der Waals surface area contributed by atoms with Crippen LogP contribution in [0.15, 0.2) is 140 Å². The number of fused-ring (bicyclic) bond motifs is 1. The van der Waals surface area contributed by atoms with Gasteiger partial charge in [0.25, 0.3) is 0 Å². The van der Waals surface area contributed by atoms with E-state index in [0.29, 0.717) is 34.1 Å². The Morgan fingerprint density at radius 1 is 0.717 bits per heavy atom. The predicted octanol–water partition coefficient (Wildman–Crippen LogP) is 14.4. The summed E-state index contributed by atoms with van der Waals surface area (Å²) >= 11 is 0. The Morgan fingerprint density at radius 3 is 2.15 bits per heavy atom. The molecule has 0 atom stereocenters. The molecule has 2 aromatic heterocycles. The number of aromatic hydroxyl groups is 1. The molecule has 0 aliphatic carbocycles. The third-order valence-corrected chi connectivity index (χ3v) is 10.9. The molecule has 0 saturated carbocycles. The summed E-state index contributed by atoms with van der Waals surface area (Å²) in [6.45, 7) is 19.3. The number of phenolic OH excluding ortho intramolecular Hbond substituents is 1. The molecule has 0 unspecified atom stereocenters. The zero-order valence-electron chi connectivity index (χ0n) is 40.8. The molecule has 1 N–H and O–H groups in total.